The summed E-state index contributed by atoms with van der Waals surface area (Å²) >= 11 is 0. The fourth-order valence-electron chi connectivity index (χ4n) is 2.83. The van der Waals surface area contributed by atoms with Crippen LogP contribution in [-0.2, 0) is 4.74 Å². The summed E-state index contributed by atoms with van der Waals surface area (Å²) < 4.78 is 5.43. The summed E-state index contributed by atoms with van der Waals surface area (Å²) in [5.74, 6) is 0. The third kappa shape index (κ3) is 2.91. The van der Waals surface area contributed by atoms with Crippen LogP contribution in [0.2, 0.25) is 0 Å². The fraction of sp³-hybridized carbons (Fsp3) is 0.600. The van der Waals surface area contributed by atoms with Gasteiger partial charge in [0.25, 0.3) is 0 Å². The number of hydrogen-bond acceptors (Lipinski definition) is 3. The number of morpholine rings is 1. The topological polar surface area (TPSA) is 38.5 Å². The molecular formula is C15H24N2O. The van der Waals surface area contributed by atoms with Crippen molar-refractivity contribution in [2.45, 2.75) is 32.9 Å². The molecule has 1 fully saturated rings. The number of ether oxygens (including phenoxy) is 1. The molecule has 2 unspecified atom stereocenters. The Labute approximate surface area is 110 Å². The molecular weight excluding hydrogens is 224 g/mol. The van der Waals surface area contributed by atoms with Crippen LogP contribution in [0, 0.1) is 13.8 Å². The lowest BCUT2D eigenvalue weighted by Gasteiger charge is -2.37. The van der Waals surface area contributed by atoms with Gasteiger partial charge in [0.05, 0.1) is 19.3 Å². The largest absolute Gasteiger partial charge is 0.379 e. The first-order valence-electron chi connectivity index (χ1n) is 6.74. The Hall–Kier alpha value is -0.900. The molecule has 2 atom stereocenters. The van der Waals surface area contributed by atoms with Crippen molar-refractivity contribution in [3.8, 4) is 0 Å². The maximum atomic E-state index is 6.22. The molecule has 0 aromatic heterocycles. The lowest BCUT2D eigenvalue weighted by Crippen LogP contribution is -2.45. The van der Waals surface area contributed by atoms with Crippen molar-refractivity contribution in [2.75, 3.05) is 26.3 Å². The smallest absolute Gasteiger partial charge is 0.0594 e. The van der Waals surface area contributed by atoms with Crippen LogP contribution in [0.5, 0.6) is 0 Å². The van der Waals surface area contributed by atoms with Crippen molar-refractivity contribution in [3.05, 3.63) is 34.9 Å². The van der Waals surface area contributed by atoms with Crippen molar-refractivity contribution in [1.29, 1.82) is 0 Å². The van der Waals surface area contributed by atoms with E-state index in [1.807, 2.05) is 0 Å². The van der Waals surface area contributed by atoms with Crippen molar-refractivity contribution >= 4 is 0 Å². The van der Waals surface area contributed by atoms with E-state index in [0.29, 0.717) is 6.04 Å². The predicted octanol–water partition coefficient (Wildman–Crippen LogP) is 2.02. The summed E-state index contributed by atoms with van der Waals surface area (Å²) in [6.07, 6.45) is 0. The Morgan fingerprint density at radius 3 is 2.44 bits per heavy atom. The highest BCUT2D eigenvalue weighted by Gasteiger charge is 2.26. The van der Waals surface area contributed by atoms with Crippen LogP contribution in [0.25, 0.3) is 0 Å². The Morgan fingerprint density at radius 2 is 1.89 bits per heavy atom. The zero-order chi connectivity index (χ0) is 13.1. The van der Waals surface area contributed by atoms with Crippen LogP contribution >= 0.6 is 0 Å². The number of aryl methyl sites for hydroxylation is 2. The molecule has 1 aliphatic rings. The summed E-state index contributed by atoms with van der Waals surface area (Å²) in [5.41, 5.74) is 10.2. The first-order chi connectivity index (χ1) is 8.59. The normalized spacial score (nSPS) is 20.7. The second-order valence-electron chi connectivity index (χ2n) is 5.31. The molecule has 0 saturated carbocycles. The van der Waals surface area contributed by atoms with E-state index in [2.05, 4.69) is 43.9 Å². The van der Waals surface area contributed by atoms with E-state index in [1.165, 1.54) is 16.7 Å². The van der Waals surface area contributed by atoms with Crippen LogP contribution in [0.15, 0.2) is 18.2 Å². The first kappa shape index (κ1) is 13.5. The van der Waals surface area contributed by atoms with Crippen molar-refractivity contribution in [1.82, 2.24) is 4.90 Å². The van der Waals surface area contributed by atoms with Crippen LogP contribution in [0.1, 0.15) is 29.7 Å². The van der Waals surface area contributed by atoms with Crippen LogP contribution in [0.3, 0.4) is 0 Å². The number of hydrogen-bond donors (Lipinski definition) is 1. The van der Waals surface area contributed by atoms with Gasteiger partial charge in [0, 0.05) is 19.1 Å². The molecule has 2 rings (SSSR count). The Balaban J connectivity index is 2.28. The molecule has 1 aliphatic heterocycles. The van der Waals surface area contributed by atoms with Crippen LogP contribution < -0.4 is 5.73 Å². The van der Waals surface area contributed by atoms with E-state index < -0.39 is 0 Å². The molecule has 3 nitrogen and oxygen atoms in total. The molecule has 3 heteroatoms. The molecule has 1 aromatic carbocycles. The molecule has 1 aromatic rings. The average Bonchev–Trinajstić information content (AvgIpc) is 2.33. The zero-order valence-corrected chi connectivity index (χ0v) is 11.6. The van der Waals surface area contributed by atoms with Gasteiger partial charge in [0.2, 0.25) is 0 Å². The predicted molar refractivity (Wildman–Crippen MR) is 74.7 cm³/mol. The minimum Gasteiger partial charge on any atom is -0.379 e. The molecule has 1 heterocycles. The van der Waals surface area contributed by atoms with Gasteiger partial charge in [-0.15, -0.1) is 0 Å². The third-order valence-electron chi connectivity index (χ3n) is 3.68. The van der Waals surface area contributed by atoms with Gasteiger partial charge in [0.15, 0.2) is 0 Å². The number of benzene rings is 1. The van der Waals surface area contributed by atoms with E-state index in [9.17, 15) is 0 Å². The van der Waals surface area contributed by atoms with E-state index in [-0.39, 0.29) is 6.04 Å². The molecule has 0 spiro atoms. The Bertz CT molecular complexity index is 397. The van der Waals surface area contributed by atoms with Crippen LogP contribution in [-0.4, -0.2) is 37.2 Å². The maximum Gasteiger partial charge on any atom is 0.0594 e. The lowest BCUT2D eigenvalue weighted by atomic mass is 9.93. The number of nitrogens with two attached hydrogens (primary N) is 1. The fourth-order valence-corrected chi connectivity index (χ4v) is 2.83. The summed E-state index contributed by atoms with van der Waals surface area (Å²) in [4.78, 5) is 2.45. The van der Waals surface area contributed by atoms with Gasteiger partial charge in [-0.3, -0.25) is 4.90 Å². The van der Waals surface area contributed by atoms with Gasteiger partial charge >= 0.3 is 0 Å². The second kappa shape index (κ2) is 5.83. The van der Waals surface area contributed by atoms with E-state index in [4.69, 9.17) is 10.5 Å². The van der Waals surface area contributed by atoms with Gasteiger partial charge in [-0.1, -0.05) is 23.8 Å². The molecule has 0 amide bonds. The minimum atomic E-state index is 0.129. The summed E-state index contributed by atoms with van der Waals surface area (Å²) in [6.45, 7) is 9.98. The van der Waals surface area contributed by atoms with Crippen molar-refractivity contribution in [3.63, 3.8) is 0 Å². The summed E-state index contributed by atoms with van der Waals surface area (Å²) in [6, 6.07) is 7.08. The second-order valence-corrected chi connectivity index (χ2v) is 5.31. The number of rotatable bonds is 3. The van der Waals surface area contributed by atoms with Gasteiger partial charge in [-0.25, -0.2) is 0 Å². The Kier molecular flexibility index (Phi) is 4.38. The standard InChI is InChI=1S/C15H24N2O/c1-11-4-5-14(12(2)10-11)15(13(3)16)17-6-8-18-9-7-17/h4-5,10,13,15H,6-9,16H2,1-3H3. The Morgan fingerprint density at radius 1 is 1.22 bits per heavy atom. The lowest BCUT2D eigenvalue weighted by molar-refractivity contribution is 0.0115. The highest BCUT2D eigenvalue weighted by molar-refractivity contribution is 5.33. The first-order valence-corrected chi connectivity index (χ1v) is 6.74. The highest BCUT2D eigenvalue weighted by atomic mass is 16.5. The third-order valence-corrected chi connectivity index (χ3v) is 3.68. The molecule has 100 valence electrons. The number of nitrogens with zero attached hydrogens (tertiary/aromatic N) is 1. The SMILES string of the molecule is Cc1ccc(C(C(C)N)N2CCOCC2)c(C)c1. The monoisotopic (exact) mass is 248 g/mol. The summed E-state index contributed by atoms with van der Waals surface area (Å²) in [7, 11) is 0. The molecule has 1 saturated heterocycles. The average molecular weight is 248 g/mol. The molecule has 0 bridgehead atoms. The minimum absolute atomic E-state index is 0.129. The highest BCUT2D eigenvalue weighted by Crippen LogP contribution is 2.27. The zero-order valence-electron chi connectivity index (χ0n) is 11.6. The van der Waals surface area contributed by atoms with Gasteiger partial charge in [-0.2, -0.15) is 0 Å². The summed E-state index contributed by atoms with van der Waals surface area (Å²) in [5, 5.41) is 0. The molecule has 2 N–H and O–H groups in total. The van der Waals surface area contributed by atoms with Gasteiger partial charge in [0.1, 0.15) is 0 Å². The molecule has 0 radical (unpaired) electrons. The van der Waals surface area contributed by atoms with Crippen molar-refractivity contribution in [2.24, 2.45) is 5.73 Å². The van der Waals surface area contributed by atoms with Gasteiger partial charge in [-0.05, 0) is 31.9 Å². The van der Waals surface area contributed by atoms with E-state index >= 15 is 0 Å². The van der Waals surface area contributed by atoms with Crippen molar-refractivity contribution < 1.29 is 4.74 Å². The molecule has 0 aliphatic carbocycles. The van der Waals surface area contributed by atoms with Crippen LogP contribution in [0.4, 0.5) is 0 Å². The van der Waals surface area contributed by atoms with Gasteiger partial charge < -0.3 is 10.5 Å². The molecule has 18 heavy (non-hydrogen) atoms. The quantitative estimate of drug-likeness (QED) is 0.889. The van der Waals surface area contributed by atoms with E-state index in [1.54, 1.807) is 0 Å². The maximum absolute atomic E-state index is 6.22. The van der Waals surface area contributed by atoms with E-state index in [0.717, 1.165) is 26.3 Å².